The van der Waals surface area contributed by atoms with Crippen LogP contribution in [0.2, 0.25) is 0 Å². The Balaban J connectivity index is 3.59. The van der Waals surface area contributed by atoms with Gasteiger partial charge in [-0.25, -0.2) is 4.79 Å². The molecule has 10 nitrogen and oxygen atoms in total. The number of amides is 4. The van der Waals surface area contributed by atoms with Crippen LogP contribution in [0.15, 0.2) is 24.3 Å². The second-order valence-corrected chi connectivity index (χ2v) is 11.8. The molecule has 1 rings (SSSR count). The maximum atomic E-state index is 14.0. The lowest BCUT2D eigenvalue weighted by atomic mass is 9.94. The Kier molecular flexibility index (Phi) is 9.92. The van der Waals surface area contributed by atoms with Gasteiger partial charge in [-0.2, -0.15) is 0 Å². The SMILES string of the molecule is CC(C)(C)NC(=O)C(c1ccc(O)cc1)N(C(=O)C(CCC(N)=O)NC(=O)OC(C)(C)C)C(C)(C)C. The second-order valence-electron chi connectivity index (χ2n) is 11.8. The van der Waals surface area contributed by atoms with E-state index in [0.29, 0.717) is 5.56 Å². The summed E-state index contributed by atoms with van der Waals surface area (Å²) in [6, 6.07) is 3.70. The Morgan fingerprint density at radius 1 is 0.972 bits per heavy atom. The molecular weight excluding hydrogens is 464 g/mol. The van der Waals surface area contributed by atoms with Crippen LogP contribution in [-0.2, 0) is 19.1 Å². The molecule has 0 saturated heterocycles. The van der Waals surface area contributed by atoms with E-state index in [1.54, 1.807) is 53.7 Å². The Bertz CT molecular complexity index is 939. The minimum Gasteiger partial charge on any atom is -0.508 e. The minimum absolute atomic E-state index is 0.00768. The zero-order valence-corrected chi connectivity index (χ0v) is 22.9. The molecule has 0 heterocycles. The van der Waals surface area contributed by atoms with Crippen LogP contribution in [-0.4, -0.2) is 56.5 Å². The predicted octanol–water partition coefficient (Wildman–Crippen LogP) is 3.13. The van der Waals surface area contributed by atoms with Crippen molar-refractivity contribution in [3.8, 4) is 5.75 Å². The highest BCUT2D eigenvalue weighted by Crippen LogP contribution is 2.32. The van der Waals surface area contributed by atoms with E-state index in [4.69, 9.17) is 10.5 Å². The second kappa shape index (κ2) is 11.6. The average Bonchev–Trinajstić information content (AvgIpc) is 2.65. The summed E-state index contributed by atoms with van der Waals surface area (Å²) < 4.78 is 5.32. The number of hydrogen-bond acceptors (Lipinski definition) is 6. The van der Waals surface area contributed by atoms with Crippen LogP contribution in [0.1, 0.15) is 86.8 Å². The highest BCUT2D eigenvalue weighted by Gasteiger charge is 2.42. The third-order valence-electron chi connectivity index (χ3n) is 4.84. The molecule has 202 valence electrons. The van der Waals surface area contributed by atoms with Gasteiger partial charge in [-0.3, -0.25) is 14.4 Å². The summed E-state index contributed by atoms with van der Waals surface area (Å²) >= 11 is 0. The van der Waals surface area contributed by atoms with E-state index >= 15 is 0 Å². The highest BCUT2D eigenvalue weighted by molar-refractivity contribution is 5.93. The molecule has 0 aliphatic rings. The van der Waals surface area contributed by atoms with Gasteiger partial charge in [0.25, 0.3) is 0 Å². The summed E-state index contributed by atoms with van der Waals surface area (Å²) in [5.74, 6) is -1.66. The maximum absolute atomic E-state index is 14.0. The van der Waals surface area contributed by atoms with E-state index in [9.17, 15) is 24.3 Å². The van der Waals surface area contributed by atoms with Gasteiger partial charge in [0.05, 0.1) is 0 Å². The first-order chi connectivity index (χ1) is 16.2. The van der Waals surface area contributed by atoms with E-state index in [0.717, 1.165) is 0 Å². The fourth-order valence-corrected chi connectivity index (χ4v) is 3.52. The molecule has 0 bridgehead atoms. The van der Waals surface area contributed by atoms with Gasteiger partial charge in [-0.05, 0) is 86.4 Å². The maximum Gasteiger partial charge on any atom is 0.408 e. The van der Waals surface area contributed by atoms with Crippen LogP contribution in [0.5, 0.6) is 5.75 Å². The van der Waals surface area contributed by atoms with E-state index in [1.165, 1.54) is 17.0 Å². The number of nitrogens with two attached hydrogens (primary N) is 1. The molecule has 0 fully saturated rings. The van der Waals surface area contributed by atoms with Crippen molar-refractivity contribution in [2.45, 2.75) is 104 Å². The summed E-state index contributed by atoms with van der Waals surface area (Å²) in [6.07, 6.45) is -1.08. The molecule has 1 aromatic carbocycles. The molecule has 0 spiro atoms. The zero-order chi connectivity index (χ0) is 28.1. The molecule has 0 radical (unpaired) electrons. The Morgan fingerprint density at radius 2 is 1.50 bits per heavy atom. The number of nitrogens with one attached hydrogen (secondary N) is 2. The third-order valence-corrected chi connectivity index (χ3v) is 4.84. The number of primary amides is 1. The molecule has 4 amide bonds. The number of carbonyl (C=O) groups excluding carboxylic acids is 4. The first kappa shape index (κ1) is 30.7. The van der Waals surface area contributed by atoms with E-state index in [-0.39, 0.29) is 18.6 Å². The van der Waals surface area contributed by atoms with Gasteiger partial charge in [0.2, 0.25) is 17.7 Å². The molecule has 5 N–H and O–H groups in total. The number of rotatable bonds is 8. The van der Waals surface area contributed by atoms with Crippen LogP contribution >= 0.6 is 0 Å². The average molecular weight is 507 g/mol. The van der Waals surface area contributed by atoms with Crippen LogP contribution < -0.4 is 16.4 Å². The monoisotopic (exact) mass is 506 g/mol. The fraction of sp³-hybridized carbons (Fsp3) is 0.615. The number of nitrogens with zero attached hydrogens (tertiary/aromatic N) is 1. The van der Waals surface area contributed by atoms with Crippen molar-refractivity contribution in [3.63, 3.8) is 0 Å². The first-order valence-corrected chi connectivity index (χ1v) is 11.9. The van der Waals surface area contributed by atoms with Gasteiger partial charge in [-0.15, -0.1) is 0 Å². The van der Waals surface area contributed by atoms with Crippen LogP contribution in [0.4, 0.5) is 4.79 Å². The zero-order valence-electron chi connectivity index (χ0n) is 22.9. The molecule has 2 atom stereocenters. The quantitative estimate of drug-likeness (QED) is 0.425. The first-order valence-electron chi connectivity index (χ1n) is 11.9. The van der Waals surface area contributed by atoms with Crippen molar-refractivity contribution in [2.75, 3.05) is 0 Å². The van der Waals surface area contributed by atoms with Gasteiger partial charge in [0.15, 0.2) is 0 Å². The number of hydrogen-bond donors (Lipinski definition) is 4. The van der Waals surface area contributed by atoms with E-state index < -0.39 is 52.6 Å². The minimum atomic E-state index is -1.19. The lowest BCUT2D eigenvalue weighted by Crippen LogP contribution is -2.59. The van der Waals surface area contributed by atoms with Crippen molar-refractivity contribution in [2.24, 2.45) is 5.73 Å². The van der Waals surface area contributed by atoms with Crippen molar-refractivity contribution in [1.82, 2.24) is 15.5 Å². The van der Waals surface area contributed by atoms with Crippen molar-refractivity contribution in [1.29, 1.82) is 0 Å². The Labute approximate surface area is 213 Å². The molecule has 10 heteroatoms. The number of benzene rings is 1. The predicted molar refractivity (Wildman–Crippen MR) is 137 cm³/mol. The molecule has 0 saturated carbocycles. The van der Waals surface area contributed by atoms with Gasteiger partial charge in [0, 0.05) is 17.5 Å². The van der Waals surface area contributed by atoms with Crippen molar-refractivity contribution >= 4 is 23.8 Å². The standard InChI is InChI=1S/C26H42N4O6/c1-24(2,3)29-21(33)20(16-10-12-17(31)13-11-16)30(25(4,5)6)22(34)18(14-15-19(27)32)28-23(35)36-26(7,8)9/h10-13,18,20,31H,14-15H2,1-9H3,(H2,27,32)(H,28,35)(H,29,33). The largest absolute Gasteiger partial charge is 0.508 e. The van der Waals surface area contributed by atoms with Gasteiger partial charge in [-0.1, -0.05) is 12.1 Å². The molecule has 0 aliphatic carbocycles. The number of alkyl carbamates (subject to hydrolysis) is 1. The van der Waals surface area contributed by atoms with Crippen molar-refractivity contribution < 1.29 is 29.0 Å². The number of carbonyl (C=O) groups is 4. The van der Waals surface area contributed by atoms with Crippen molar-refractivity contribution in [3.05, 3.63) is 29.8 Å². The molecule has 1 aromatic rings. The lowest BCUT2D eigenvalue weighted by molar-refractivity contribution is -0.149. The van der Waals surface area contributed by atoms with Crippen LogP contribution in [0.25, 0.3) is 0 Å². The van der Waals surface area contributed by atoms with Crippen LogP contribution in [0.3, 0.4) is 0 Å². The summed E-state index contributed by atoms with van der Waals surface area (Å²) in [6.45, 7) is 15.8. The summed E-state index contributed by atoms with van der Waals surface area (Å²) in [7, 11) is 0. The number of aromatic hydroxyl groups is 1. The third kappa shape index (κ3) is 10.1. The molecular formula is C26H42N4O6. The number of phenols is 1. The molecule has 2 unspecified atom stereocenters. The normalized spacial score (nSPS) is 13.8. The Morgan fingerprint density at radius 3 is 1.92 bits per heavy atom. The van der Waals surface area contributed by atoms with Gasteiger partial charge < -0.3 is 31.1 Å². The summed E-state index contributed by atoms with van der Waals surface area (Å²) in [4.78, 5) is 53.1. The Hall–Kier alpha value is -3.30. The molecule has 0 aliphatic heterocycles. The number of ether oxygens (including phenoxy) is 1. The topological polar surface area (TPSA) is 151 Å². The lowest BCUT2D eigenvalue weighted by Gasteiger charge is -2.43. The summed E-state index contributed by atoms with van der Waals surface area (Å²) in [5, 5.41) is 15.3. The summed E-state index contributed by atoms with van der Waals surface area (Å²) in [5.41, 5.74) is 3.48. The van der Waals surface area contributed by atoms with E-state index in [2.05, 4.69) is 10.6 Å². The van der Waals surface area contributed by atoms with Gasteiger partial charge in [0.1, 0.15) is 23.4 Å². The fourth-order valence-electron chi connectivity index (χ4n) is 3.52. The highest BCUT2D eigenvalue weighted by atomic mass is 16.6. The number of phenolic OH excluding ortho intramolecular Hbond substituents is 1. The smallest absolute Gasteiger partial charge is 0.408 e. The van der Waals surface area contributed by atoms with E-state index in [1.807, 2.05) is 20.8 Å². The van der Waals surface area contributed by atoms with Gasteiger partial charge >= 0.3 is 6.09 Å². The molecule has 0 aromatic heterocycles. The molecule has 36 heavy (non-hydrogen) atoms. The van der Waals surface area contributed by atoms with Crippen LogP contribution in [0, 0.1) is 0 Å².